The largest absolute Gasteiger partial charge is 0.496 e. The average Bonchev–Trinajstić information content (AvgIpc) is 2.82. The first kappa shape index (κ1) is 14.6. The second kappa shape index (κ2) is 5.67. The number of aromatic nitrogens is 2. The molecule has 1 aromatic carbocycles. The Bertz CT molecular complexity index is 617. The van der Waals surface area contributed by atoms with E-state index >= 15 is 0 Å². The molecule has 0 aliphatic rings. The molecule has 0 saturated heterocycles. The molecule has 2 aromatic rings. The molecule has 2 rings (SSSR count). The number of hydrogen-bond donors (Lipinski definition) is 1. The van der Waals surface area contributed by atoms with Gasteiger partial charge in [0.05, 0.1) is 12.8 Å². The predicted molar refractivity (Wildman–Crippen MR) is 79.1 cm³/mol. The van der Waals surface area contributed by atoms with Crippen LogP contribution in [0.2, 0.25) is 0 Å². The number of ether oxygens (including phenoxy) is 1. The third-order valence-electron chi connectivity index (χ3n) is 3.77. The highest BCUT2D eigenvalue weighted by molar-refractivity contribution is 5.49. The van der Waals surface area contributed by atoms with Crippen molar-refractivity contribution in [3.63, 3.8) is 0 Å². The van der Waals surface area contributed by atoms with Gasteiger partial charge in [0.25, 0.3) is 0 Å². The van der Waals surface area contributed by atoms with Crippen LogP contribution in [-0.4, -0.2) is 22.0 Å². The molecule has 0 saturated carbocycles. The van der Waals surface area contributed by atoms with E-state index in [-0.39, 0.29) is 0 Å². The number of aliphatic hydroxyl groups is 1. The van der Waals surface area contributed by atoms with E-state index in [4.69, 9.17) is 4.74 Å². The van der Waals surface area contributed by atoms with Gasteiger partial charge in [0.2, 0.25) is 0 Å². The Kier molecular flexibility index (Phi) is 4.14. The molecule has 1 unspecified atom stereocenters. The molecule has 20 heavy (non-hydrogen) atoms. The van der Waals surface area contributed by atoms with Gasteiger partial charge in [0.15, 0.2) is 0 Å². The molecule has 0 aliphatic heterocycles. The predicted octanol–water partition coefficient (Wildman–Crippen LogP) is 2.69. The van der Waals surface area contributed by atoms with Crippen LogP contribution >= 0.6 is 0 Å². The smallest absolute Gasteiger partial charge is 0.128 e. The van der Waals surface area contributed by atoms with Crippen molar-refractivity contribution in [2.75, 3.05) is 7.11 Å². The number of aliphatic hydroxyl groups excluding tert-OH is 1. The molecule has 0 bridgehead atoms. The van der Waals surface area contributed by atoms with Gasteiger partial charge in [-0.3, -0.25) is 4.68 Å². The van der Waals surface area contributed by atoms with Crippen molar-refractivity contribution in [3.05, 3.63) is 46.3 Å². The van der Waals surface area contributed by atoms with Gasteiger partial charge in [0.1, 0.15) is 11.9 Å². The number of methoxy groups -OCH3 is 1. The van der Waals surface area contributed by atoms with Crippen molar-refractivity contribution >= 4 is 0 Å². The second-order valence-electron chi connectivity index (χ2n) is 5.09. The summed E-state index contributed by atoms with van der Waals surface area (Å²) in [5, 5.41) is 15.1. The average molecular weight is 274 g/mol. The lowest BCUT2D eigenvalue weighted by Crippen LogP contribution is -2.06. The summed E-state index contributed by atoms with van der Waals surface area (Å²) >= 11 is 0. The fourth-order valence-electron chi connectivity index (χ4n) is 2.52. The lowest BCUT2D eigenvalue weighted by atomic mass is 9.96. The van der Waals surface area contributed by atoms with Crippen molar-refractivity contribution in [2.45, 2.75) is 33.3 Å². The minimum atomic E-state index is -0.715. The minimum absolute atomic E-state index is 0.715. The van der Waals surface area contributed by atoms with Gasteiger partial charge in [-0.25, -0.2) is 0 Å². The molecule has 4 heteroatoms. The van der Waals surface area contributed by atoms with Crippen molar-refractivity contribution in [3.8, 4) is 5.75 Å². The zero-order valence-corrected chi connectivity index (χ0v) is 12.8. The first-order chi connectivity index (χ1) is 9.49. The van der Waals surface area contributed by atoms with Crippen LogP contribution in [0.3, 0.4) is 0 Å². The van der Waals surface area contributed by atoms with Gasteiger partial charge in [-0.05, 0) is 31.4 Å². The van der Waals surface area contributed by atoms with Crippen LogP contribution in [0.4, 0.5) is 0 Å². The number of rotatable bonds is 4. The number of aryl methyl sites for hydroxylation is 3. The Morgan fingerprint density at radius 1 is 1.30 bits per heavy atom. The normalized spacial score (nSPS) is 12.5. The van der Waals surface area contributed by atoms with Gasteiger partial charge >= 0.3 is 0 Å². The number of nitrogens with zero attached hydrogens (tertiary/aromatic N) is 2. The lowest BCUT2D eigenvalue weighted by molar-refractivity contribution is 0.213. The van der Waals surface area contributed by atoms with Gasteiger partial charge in [0, 0.05) is 24.4 Å². The lowest BCUT2D eigenvalue weighted by Gasteiger charge is -2.18. The van der Waals surface area contributed by atoms with E-state index in [1.54, 1.807) is 11.8 Å². The summed E-state index contributed by atoms with van der Waals surface area (Å²) in [7, 11) is 3.51. The van der Waals surface area contributed by atoms with Crippen molar-refractivity contribution in [1.29, 1.82) is 0 Å². The summed E-state index contributed by atoms with van der Waals surface area (Å²) in [6, 6.07) is 3.94. The van der Waals surface area contributed by atoms with Gasteiger partial charge in [-0.1, -0.05) is 19.1 Å². The Morgan fingerprint density at radius 3 is 2.60 bits per heavy atom. The quantitative estimate of drug-likeness (QED) is 0.932. The van der Waals surface area contributed by atoms with Crippen LogP contribution in [0.25, 0.3) is 0 Å². The van der Waals surface area contributed by atoms with E-state index in [2.05, 4.69) is 5.10 Å². The standard InChI is InChI=1S/C16H22N2O2/c1-6-14-13(9-18(4)17-14)15(19)12-8-7-10(2)11(3)16(12)20-5/h7-9,15,19H,6H2,1-5H3. The molecular weight excluding hydrogens is 252 g/mol. The number of hydrogen-bond acceptors (Lipinski definition) is 3. The molecule has 1 aromatic heterocycles. The first-order valence-corrected chi connectivity index (χ1v) is 6.84. The Balaban J connectivity index is 2.53. The molecular formula is C16H22N2O2. The Morgan fingerprint density at radius 2 is 2.00 bits per heavy atom. The summed E-state index contributed by atoms with van der Waals surface area (Å²) in [5.41, 5.74) is 4.76. The molecule has 1 heterocycles. The summed E-state index contributed by atoms with van der Waals surface area (Å²) < 4.78 is 7.23. The van der Waals surface area contributed by atoms with Crippen LogP contribution < -0.4 is 4.74 Å². The monoisotopic (exact) mass is 274 g/mol. The maximum atomic E-state index is 10.7. The van der Waals surface area contributed by atoms with Gasteiger partial charge in [-0.2, -0.15) is 5.10 Å². The molecule has 4 nitrogen and oxygen atoms in total. The van der Waals surface area contributed by atoms with Crippen LogP contribution in [0.5, 0.6) is 5.75 Å². The summed E-state index contributed by atoms with van der Waals surface area (Å²) in [4.78, 5) is 0. The molecule has 0 radical (unpaired) electrons. The van der Waals surface area contributed by atoms with E-state index in [1.165, 1.54) is 0 Å². The fraction of sp³-hybridized carbons (Fsp3) is 0.438. The molecule has 0 aliphatic carbocycles. The van der Waals surface area contributed by atoms with Crippen LogP contribution in [0.1, 0.15) is 41.0 Å². The van der Waals surface area contributed by atoms with E-state index in [1.807, 2.05) is 46.1 Å². The highest BCUT2D eigenvalue weighted by Gasteiger charge is 2.21. The van der Waals surface area contributed by atoms with E-state index in [0.29, 0.717) is 0 Å². The minimum Gasteiger partial charge on any atom is -0.496 e. The van der Waals surface area contributed by atoms with Crippen LogP contribution in [0.15, 0.2) is 18.3 Å². The fourth-order valence-corrected chi connectivity index (χ4v) is 2.52. The van der Waals surface area contributed by atoms with E-state index in [9.17, 15) is 5.11 Å². The van der Waals surface area contributed by atoms with Crippen molar-refractivity contribution < 1.29 is 9.84 Å². The summed E-state index contributed by atoms with van der Waals surface area (Å²) in [6.45, 7) is 6.08. The first-order valence-electron chi connectivity index (χ1n) is 6.84. The third kappa shape index (κ3) is 2.43. The van der Waals surface area contributed by atoms with Gasteiger partial charge in [-0.15, -0.1) is 0 Å². The van der Waals surface area contributed by atoms with Crippen molar-refractivity contribution in [2.24, 2.45) is 7.05 Å². The number of benzene rings is 1. The molecule has 1 N–H and O–H groups in total. The van der Waals surface area contributed by atoms with Crippen LogP contribution in [-0.2, 0) is 13.5 Å². The van der Waals surface area contributed by atoms with Crippen molar-refractivity contribution in [1.82, 2.24) is 9.78 Å². The highest BCUT2D eigenvalue weighted by atomic mass is 16.5. The molecule has 0 amide bonds. The highest BCUT2D eigenvalue weighted by Crippen LogP contribution is 2.35. The molecule has 108 valence electrons. The SMILES string of the molecule is CCc1nn(C)cc1C(O)c1ccc(C)c(C)c1OC. The summed E-state index contributed by atoms with van der Waals surface area (Å²) in [5.74, 6) is 0.753. The zero-order chi connectivity index (χ0) is 14.9. The van der Waals surface area contributed by atoms with Gasteiger partial charge < -0.3 is 9.84 Å². The Hall–Kier alpha value is -1.81. The zero-order valence-electron chi connectivity index (χ0n) is 12.8. The topological polar surface area (TPSA) is 47.3 Å². The summed E-state index contributed by atoms with van der Waals surface area (Å²) in [6.07, 6.45) is 1.95. The van der Waals surface area contributed by atoms with Crippen LogP contribution in [0, 0.1) is 13.8 Å². The van der Waals surface area contributed by atoms with E-state index in [0.717, 1.165) is 40.1 Å². The van der Waals surface area contributed by atoms with E-state index < -0.39 is 6.10 Å². The maximum Gasteiger partial charge on any atom is 0.128 e. The second-order valence-corrected chi connectivity index (χ2v) is 5.09. The molecule has 1 atom stereocenters. The Labute approximate surface area is 120 Å². The molecule has 0 fully saturated rings. The maximum absolute atomic E-state index is 10.7. The molecule has 0 spiro atoms. The third-order valence-corrected chi connectivity index (χ3v) is 3.77.